The van der Waals surface area contributed by atoms with E-state index in [0.717, 1.165) is 27.6 Å². The van der Waals surface area contributed by atoms with Gasteiger partial charge in [0.25, 0.3) is 0 Å². The molecule has 2 N–H and O–H groups in total. The molecular weight excluding hydrogens is 404 g/mol. The number of hydrogen-bond acceptors (Lipinski definition) is 5. The van der Waals surface area contributed by atoms with Gasteiger partial charge in [-0.05, 0) is 47.5 Å². The first-order valence-electron chi connectivity index (χ1n) is 9.44. The summed E-state index contributed by atoms with van der Waals surface area (Å²) in [6, 6.07) is 15.0. The van der Waals surface area contributed by atoms with Crippen molar-refractivity contribution >= 4 is 34.2 Å². The predicted octanol–water partition coefficient (Wildman–Crippen LogP) is 4.23. The maximum absolute atomic E-state index is 12.6. The van der Waals surface area contributed by atoms with Crippen LogP contribution in [0.1, 0.15) is 5.56 Å². The maximum atomic E-state index is 12.6. The molecule has 8 heteroatoms. The van der Waals surface area contributed by atoms with Gasteiger partial charge < -0.3 is 14.8 Å². The Morgan fingerprint density at radius 1 is 1.03 bits per heavy atom. The summed E-state index contributed by atoms with van der Waals surface area (Å²) in [5.41, 5.74) is 3.55. The van der Waals surface area contributed by atoms with Crippen molar-refractivity contribution in [3.63, 3.8) is 0 Å². The largest absolute Gasteiger partial charge is 0.486 e. The fourth-order valence-corrected chi connectivity index (χ4v) is 3.51. The second-order valence-electron chi connectivity index (χ2n) is 6.91. The van der Waals surface area contributed by atoms with Crippen molar-refractivity contribution in [2.75, 3.05) is 18.5 Å². The lowest BCUT2D eigenvalue weighted by Gasteiger charge is -2.18. The Kier molecular flexibility index (Phi) is 4.72. The number of rotatable bonds is 4. The predicted molar refractivity (Wildman–Crippen MR) is 114 cm³/mol. The van der Waals surface area contributed by atoms with Crippen LogP contribution in [0.4, 0.5) is 5.82 Å². The Bertz CT molecular complexity index is 1240. The smallest absolute Gasteiger partial charge is 0.230 e. The van der Waals surface area contributed by atoms with Gasteiger partial charge in [-0.2, -0.15) is 5.10 Å². The summed E-state index contributed by atoms with van der Waals surface area (Å²) in [7, 11) is 0. The van der Waals surface area contributed by atoms with Crippen LogP contribution in [0.15, 0.2) is 54.7 Å². The van der Waals surface area contributed by atoms with Gasteiger partial charge in [-0.15, -0.1) is 0 Å². The quantitative estimate of drug-likeness (QED) is 0.482. The van der Waals surface area contributed by atoms with Gasteiger partial charge in [0.05, 0.1) is 11.9 Å². The summed E-state index contributed by atoms with van der Waals surface area (Å²) in [4.78, 5) is 16.7. The number of H-pyrrole nitrogens is 1. The topological polar surface area (TPSA) is 89.1 Å². The van der Waals surface area contributed by atoms with Crippen LogP contribution in [-0.4, -0.2) is 34.3 Å². The zero-order valence-corrected chi connectivity index (χ0v) is 16.6. The molecule has 0 aliphatic carbocycles. The molecule has 4 aromatic rings. The molecule has 1 amide bonds. The lowest BCUT2D eigenvalue weighted by Crippen LogP contribution is -2.17. The van der Waals surface area contributed by atoms with Crippen molar-refractivity contribution in [2.24, 2.45) is 0 Å². The Labute approximate surface area is 177 Å². The molecule has 0 saturated heterocycles. The number of pyridine rings is 1. The molecule has 150 valence electrons. The third-order valence-corrected chi connectivity index (χ3v) is 5.08. The number of aromatic nitrogens is 3. The minimum Gasteiger partial charge on any atom is -0.486 e. The van der Waals surface area contributed by atoms with E-state index in [4.69, 9.17) is 21.1 Å². The van der Waals surface area contributed by atoms with Gasteiger partial charge in [0.15, 0.2) is 17.3 Å². The molecule has 0 saturated carbocycles. The van der Waals surface area contributed by atoms with Crippen LogP contribution in [0.25, 0.3) is 22.0 Å². The maximum Gasteiger partial charge on any atom is 0.230 e. The number of hydrogen-bond donors (Lipinski definition) is 2. The molecule has 1 aliphatic rings. The zero-order chi connectivity index (χ0) is 20.5. The SMILES string of the molecule is O=C(Cc1ccc2c(c1)OCCO2)Nc1n[nH]c2ccc(-c3ccc(Cl)nc3)cc12. The molecule has 0 atom stereocenters. The van der Waals surface area contributed by atoms with Crippen molar-refractivity contribution in [1.82, 2.24) is 15.2 Å². The fourth-order valence-electron chi connectivity index (χ4n) is 3.39. The van der Waals surface area contributed by atoms with E-state index in [1.807, 2.05) is 42.5 Å². The summed E-state index contributed by atoms with van der Waals surface area (Å²) in [6.07, 6.45) is 1.91. The highest BCUT2D eigenvalue weighted by Gasteiger charge is 2.15. The number of nitrogens with one attached hydrogen (secondary N) is 2. The summed E-state index contributed by atoms with van der Waals surface area (Å²) in [5.74, 6) is 1.68. The Morgan fingerprint density at radius 3 is 2.70 bits per heavy atom. The van der Waals surface area contributed by atoms with Gasteiger partial charge in [-0.25, -0.2) is 4.98 Å². The van der Waals surface area contributed by atoms with E-state index >= 15 is 0 Å². The number of amides is 1. The van der Waals surface area contributed by atoms with Gasteiger partial charge in [0.2, 0.25) is 5.91 Å². The number of benzene rings is 2. The van der Waals surface area contributed by atoms with E-state index < -0.39 is 0 Å². The van der Waals surface area contributed by atoms with Crippen LogP contribution < -0.4 is 14.8 Å². The molecule has 30 heavy (non-hydrogen) atoms. The van der Waals surface area contributed by atoms with E-state index in [9.17, 15) is 4.79 Å². The molecule has 7 nitrogen and oxygen atoms in total. The zero-order valence-electron chi connectivity index (χ0n) is 15.8. The average molecular weight is 421 g/mol. The number of halogens is 1. The van der Waals surface area contributed by atoms with Gasteiger partial charge in [-0.1, -0.05) is 23.7 Å². The Hall–Kier alpha value is -3.58. The number of carbonyl (C=O) groups excluding carboxylic acids is 1. The molecule has 2 aromatic heterocycles. The second kappa shape index (κ2) is 7.68. The third-order valence-electron chi connectivity index (χ3n) is 4.85. The summed E-state index contributed by atoms with van der Waals surface area (Å²) < 4.78 is 11.1. The monoisotopic (exact) mass is 420 g/mol. The molecule has 0 radical (unpaired) electrons. The van der Waals surface area contributed by atoms with Gasteiger partial charge in [0, 0.05) is 17.1 Å². The number of aromatic amines is 1. The van der Waals surface area contributed by atoms with Crippen molar-refractivity contribution in [1.29, 1.82) is 0 Å². The number of nitrogens with zero attached hydrogens (tertiary/aromatic N) is 2. The van der Waals surface area contributed by atoms with Crippen molar-refractivity contribution < 1.29 is 14.3 Å². The molecule has 0 bridgehead atoms. The van der Waals surface area contributed by atoms with Gasteiger partial charge in [-0.3, -0.25) is 9.89 Å². The van der Waals surface area contributed by atoms with Crippen LogP contribution in [0.2, 0.25) is 5.15 Å². The van der Waals surface area contributed by atoms with E-state index in [1.165, 1.54) is 0 Å². The number of anilines is 1. The standard InChI is InChI=1S/C22H17ClN4O3/c23-20-6-3-15(12-24-20)14-2-4-17-16(11-14)22(27-26-17)25-21(28)10-13-1-5-18-19(9-13)30-8-7-29-18/h1-6,9,11-12H,7-8,10H2,(H2,25,26,27,28). The minimum atomic E-state index is -0.168. The van der Waals surface area contributed by atoms with Crippen molar-refractivity contribution in [3.8, 4) is 22.6 Å². The van der Waals surface area contributed by atoms with Crippen LogP contribution >= 0.6 is 11.6 Å². The normalized spacial score (nSPS) is 12.7. The molecule has 5 rings (SSSR count). The van der Waals surface area contributed by atoms with E-state index in [2.05, 4.69) is 20.5 Å². The summed E-state index contributed by atoms with van der Waals surface area (Å²) in [5, 5.41) is 11.4. The highest BCUT2D eigenvalue weighted by atomic mass is 35.5. The van der Waals surface area contributed by atoms with Crippen LogP contribution in [0.5, 0.6) is 11.5 Å². The fraction of sp³-hybridized carbons (Fsp3) is 0.136. The van der Waals surface area contributed by atoms with Crippen LogP contribution in [0.3, 0.4) is 0 Å². The lowest BCUT2D eigenvalue weighted by molar-refractivity contribution is -0.115. The molecule has 0 spiro atoms. The van der Waals surface area contributed by atoms with E-state index in [0.29, 0.717) is 35.7 Å². The van der Waals surface area contributed by atoms with Crippen molar-refractivity contribution in [2.45, 2.75) is 6.42 Å². The highest BCUT2D eigenvalue weighted by Crippen LogP contribution is 2.31. The minimum absolute atomic E-state index is 0.168. The molecule has 2 aromatic carbocycles. The highest BCUT2D eigenvalue weighted by molar-refractivity contribution is 6.29. The Balaban J connectivity index is 1.36. The van der Waals surface area contributed by atoms with Gasteiger partial charge in [0.1, 0.15) is 18.4 Å². The van der Waals surface area contributed by atoms with Gasteiger partial charge >= 0.3 is 0 Å². The summed E-state index contributed by atoms with van der Waals surface area (Å²) in [6.45, 7) is 1.04. The van der Waals surface area contributed by atoms with Crippen LogP contribution in [0, 0.1) is 0 Å². The number of fused-ring (bicyclic) bond motifs is 2. The number of ether oxygens (including phenoxy) is 2. The first-order valence-corrected chi connectivity index (χ1v) is 9.82. The van der Waals surface area contributed by atoms with E-state index in [-0.39, 0.29) is 12.3 Å². The molecular formula is C22H17ClN4O3. The lowest BCUT2D eigenvalue weighted by atomic mass is 10.1. The molecule has 3 heterocycles. The van der Waals surface area contributed by atoms with Crippen molar-refractivity contribution in [3.05, 3.63) is 65.4 Å². The second-order valence-corrected chi connectivity index (χ2v) is 7.29. The molecule has 0 unspecified atom stereocenters. The molecule has 0 fully saturated rings. The third kappa shape index (κ3) is 3.67. The molecule has 1 aliphatic heterocycles. The summed E-state index contributed by atoms with van der Waals surface area (Å²) >= 11 is 5.88. The Morgan fingerprint density at radius 2 is 1.87 bits per heavy atom. The average Bonchev–Trinajstić information content (AvgIpc) is 3.16. The first kappa shape index (κ1) is 18.4. The van der Waals surface area contributed by atoms with E-state index in [1.54, 1.807) is 12.3 Å². The first-order chi connectivity index (χ1) is 14.7. The number of carbonyl (C=O) groups is 1. The van der Waals surface area contributed by atoms with Crippen LogP contribution in [-0.2, 0) is 11.2 Å².